The van der Waals surface area contributed by atoms with Crippen molar-refractivity contribution in [2.24, 2.45) is 0 Å². The van der Waals surface area contributed by atoms with Crippen molar-refractivity contribution in [3.63, 3.8) is 0 Å². The number of hydrogen-bond acceptors (Lipinski definition) is 5. The van der Waals surface area contributed by atoms with Gasteiger partial charge in [0.25, 0.3) is 0 Å². The Labute approximate surface area is 148 Å². The van der Waals surface area contributed by atoms with Crippen molar-refractivity contribution in [1.29, 1.82) is 0 Å². The number of rotatable bonds is 6. The fourth-order valence-corrected chi connectivity index (χ4v) is 3.20. The molecular weight excluding hydrogens is 363 g/mol. The Morgan fingerprint density at radius 3 is 2.69 bits per heavy atom. The van der Waals surface area contributed by atoms with E-state index < -0.39 is 27.4 Å². The Morgan fingerprint density at radius 1 is 1.27 bits per heavy atom. The van der Waals surface area contributed by atoms with Crippen LogP contribution >= 0.6 is 0 Å². The maximum absolute atomic E-state index is 13.4. The molecule has 1 aromatic carbocycles. The fraction of sp³-hybridized carbons (Fsp3) is 0.0625. The summed E-state index contributed by atoms with van der Waals surface area (Å²) in [7, 11) is -4.01. The predicted octanol–water partition coefficient (Wildman–Crippen LogP) is 1.58. The molecule has 2 aromatic heterocycles. The van der Waals surface area contributed by atoms with Gasteiger partial charge in [-0.15, -0.1) is 0 Å². The fourth-order valence-electron chi connectivity index (χ4n) is 2.16. The Balaban J connectivity index is 1.74. The Bertz CT molecular complexity index is 1030. The molecule has 0 aliphatic carbocycles. The van der Waals surface area contributed by atoms with E-state index in [4.69, 9.17) is 5.11 Å². The maximum atomic E-state index is 13.4. The molecule has 0 aliphatic heterocycles. The first-order chi connectivity index (χ1) is 12.4. The van der Waals surface area contributed by atoms with Crippen LogP contribution in [0.4, 0.5) is 4.39 Å². The molecule has 0 saturated heterocycles. The highest BCUT2D eigenvalue weighted by Crippen LogP contribution is 2.16. The van der Waals surface area contributed by atoms with Crippen molar-refractivity contribution in [3.8, 4) is 5.82 Å². The maximum Gasteiger partial charge on any atom is 0.338 e. The third-order valence-corrected chi connectivity index (χ3v) is 4.89. The summed E-state index contributed by atoms with van der Waals surface area (Å²) in [6, 6.07) is 7.69. The van der Waals surface area contributed by atoms with Gasteiger partial charge in [0.1, 0.15) is 5.82 Å². The minimum Gasteiger partial charge on any atom is -0.478 e. The zero-order chi connectivity index (χ0) is 18.7. The number of benzene rings is 1. The number of nitrogens with one attached hydrogen (secondary N) is 1. The molecular formula is C16H13FN4O4S. The molecule has 10 heteroatoms. The summed E-state index contributed by atoms with van der Waals surface area (Å²) in [5.41, 5.74) is -0.122. The van der Waals surface area contributed by atoms with Gasteiger partial charge >= 0.3 is 5.97 Å². The number of aromatic nitrogens is 3. The SMILES string of the molecule is O=C(O)c1cc(S(=O)(=O)NCc2ccc(-n3cccn3)nc2)ccc1F. The molecule has 0 spiro atoms. The van der Waals surface area contributed by atoms with Crippen molar-refractivity contribution in [2.75, 3.05) is 0 Å². The quantitative estimate of drug-likeness (QED) is 0.675. The van der Waals surface area contributed by atoms with Gasteiger partial charge in [-0.2, -0.15) is 5.10 Å². The van der Waals surface area contributed by atoms with Crippen LogP contribution in [0.2, 0.25) is 0 Å². The van der Waals surface area contributed by atoms with E-state index in [1.807, 2.05) is 0 Å². The Kier molecular flexibility index (Phi) is 4.78. The van der Waals surface area contributed by atoms with Crippen LogP contribution in [0.3, 0.4) is 0 Å². The smallest absolute Gasteiger partial charge is 0.338 e. The summed E-state index contributed by atoms with van der Waals surface area (Å²) < 4.78 is 41.9. The second kappa shape index (κ2) is 7.02. The van der Waals surface area contributed by atoms with Crippen LogP contribution in [-0.4, -0.2) is 34.3 Å². The van der Waals surface area contributed by atoms with Gasteiger partial charge in [0, 0.05) is 25.1 Å². The lowest BCUT2D eigenvalue weighted by Gasteiger charge is -2.08. The van der Waals surface area contributed by atoms with Gasteiger partial charge in [0.15, 0.2) is 5.82 Å². The van der Waals surface area contributed by atoms with E-state index in [0.29, 0.717) is 11.4 Å². The molecule has 0 atom stereocenters. The summed E-state index contributed by atoms with van der Waals surface area (Å²) in [5.74, 6) is -1.97. The average Bonchev–Trinajstić information content (AvgIpc) is 3.15. The average molecular weight is 376 g/mol. The highest BCUT2D eigenvalue weighted by molar-refractivity contribution is 7.89. The normalized spacial score (nSPS) is 11.4. The van der Waals surface area contributed by atoms with Crippen LogP contribution in [0, 0.1) is 5.82 Å². The molecule has 0 radical (unpaired) electrons. The number of sulfonamides is 1. The van der Waals surface area contributed by atoms with E-state index in [1.165, 1.54) is 6.20 Å². The molecule has 0 aliphatic rings. The van der Waals surface area contributed by atoms with Gasteiger partial charge in [-0.25, -0.2) is 32.0 Å². The molecule has 2 N–H and O–H groups in total. The number of carboxylic acid groups (broad SMARTS) is 1. The lowest BCUT2D eigenvalue weighted by molar-refractivity contribution is 0.0691. The lowest BCUT2D eigenvalue weighted by atomic mass is 10.2. The first-order valence-corrected chi connectivity index (χ1v) is 8.82. The van der Waals surface area contributed by atoms with Gasteiger partial charge in [0.2, 0.25) is 10.0 Å². The molecule has 2 heterocycles. The predicted molar refractivity (Wildman–Crippen MR) is 88.7 cm³/mol. The standard InChI is InChI=1S/C16H13FN4O4S/c17-14-4-3-12(8-13(14)16(22)23)26(24,25)20-10-11-2-5-15(18-9-11)21-7-1-6-19-21/h1-9,20H,10H2,(H,22,23). The molecule has 3 aromatic rings. The first-order valence-electron chi connectivity index (χ1n) is 7.34. The van der Waals surface area contributed by atoms with Gasteiger partial charge in [-0.05, 0) is 35.9 Å². The summed E-state index contributed by atoms with van der Waals surface area (Å²) in [4.78, 5) is 14.8. The van der Waals surface area contributed by atoms with Crippen LogP contribution in [0.1, 0.15) is 15.9 Å². The summed E-state index contributed by atoms with van der Waals surface area (Å²) >= 11 is 0. The molecule has 134 valence electrons. The molecule has 0 fully saturated rings. The summed E-state index contributed by atoms with van der Waals surface area (Å²) in [6.45, 7) is -0.0610. The highest BCUT2D eigenvalue weighted by atomic mass is 32.2. The van der Waals surface area contributed by atoms with Crippen molar-refractivity contribution < 1.29 is 22.7 Å². The van der Waals surface area contributed by atoms with Gasteiger partial charge in [-0.3, -0.25) is 0 Å². The number of carboxylic acids is 1. The van der Waals surface area contributed by atoms with Crippen LogP contribution in [-0.2, 0) is 16.6 Å². The van der Waals surface area contributed by atoms with E-state index in [-0.39, 0.29) is 11.4 Å². The van der Waals surface area contributed by atoms with Crippen LogP contribution in [0.15, 0.2) is 59.9 Å². The molecule has 3 rings (SSSR count). The first kappa shape index (κ1) is 17.7. The van der Waals surface area contributed by atoms with E-state index in [0.717, 1.165) is 18.2 Å². The largest absolute Gasteiger partial charge is 0.478 e. The zero-order valence-electron chi connectivity index (χ0n) is 13.2. The number of aromatic carboxylic acids is 1. The van der Waals surface area contributed by atoms with Crippen LogP contribution in [0.25, 0.3) is 5.82 Å². The van der Waals surface area contributed by atoms with E-state index in [2.05, 4.69) is 14.8 Å². The molecule has 26 heavy (non-hydrogen) atoms. The minimum atomic E-state index is -4.01. The Hall–Kier alpha value is -3.11. The monoisotopic (exact) mass is 376 g/mol. The number of hydrogen-bond donors (Lipinski definition) is 2. The van der Waals surface area contributed by atoms with Crippen molar-refractivity contribution in [1.82, 2.24) is 19.5 Å². The summed E-state index contributed by atoms with van der Waals surface area (Å²) in [5, 5.41) is 12.9. The molecule has 0 unspecified atom stereocenters. The van der Waals surface area contributed by atoms with E-state index in [1.54, 1.807) is 35.3 Å². The molecule has 8 nitrogen and oxygen atoms in total. The number of pyridine rings is 1. The molecule has 0 amide bonds. The van der Waals surface area contributed by atoms with Crippen molar-refractivity contribution in [2.45, 2.75) is 11.4 Å². The van der Waals surface area contributed by atoms with Crippen LogP contribution < -0.4 is 4.72 Å². The van der Waals surface area contributed by atoms with Gasteiger partial charge in [0.05, 0.1) is 10.5 Å². The van der Waals surface area contributed by atoms with Gasteiger partial charge < -0.3 is 5.11 Å². The molecule has 0 saturated carbocycles. The highest BCUT2D eigenvalue weighted by Gasteiger charge is 2.19. The summed E-state index contributed by atoms with van der Waals surface area (Å²) in [6.07, 6.45) is 4.82. The second-order valence-corrected chi connectivity index (χ2v) is 7.01. The third kappa shape index (κ3) is 3.76. The lowest BCUT2D eigenvalue weighted by Crippen LogP contribution is -2.23. The van der Waals surface area contributed by atoms with Gasteiger partial charge in [-0.1, -0.05) is 6.07 Å². The number of halogens is 1. The van der Waals surface area contributed by atoms with Crippen molar-refractivity contribution >= 4 is 16.0 Å². The van der Waals surface area contributed by atoms with Crippen molar-refractivity contribution in [3.05, 3.63) is 71.9 Å². The van der Waals surface area contributed by atoms with E-state index >= 15 is 0 Å². The topological polar surface area (TPSA) is 114 Å². The third-order valence-electron chi connectivity index (χ3n) is 3.49. The zero-order valence-corrected chi connectivity index (χ0v) is 14.0. The number of carbonyl (C=O) groups is 1. The minimum absolute atomic E-state index is 0.0610. The number of nitrogens with zero attached hydrogens (tertiary/aromatic N) is 3. The molecule has 0 bridgehead atoms. The van der Waals surface area contributed by atoms with Crippen LogP contribution in [0.5, 0.6) is 0 Å². The second-order valence-electron chi connectivity index (χ2n) is 5.25. The Morgan fingerprint density at radius 2 is 2.08 bits per heavy atom. The van der Waals surface area contributed by atoms with E-state index in [9.17, 15) is 17.6 Å².